The van der Waals surface area contributed by atoms with Crippen LogP contribution in [0, 0.1) is 6.92 Å². The molecule has 0 aromatic carbocycles. The van der Waals surface area contributed by atoms with Gasteiger partial charge in [-0.15, -0.1) is 0 Å². The number of piperazine rings is 1. The molecule has 1 fully saturated rings. The summed E-state index contributed by atoms with van der Waals surface area (Å²) in [6.07, 6.45) is 0. The van der Waals surface area contributed by atoms with Crippen molar-refractivity contribution >= 4 is 5.82 Å². The van der Waals surface area contributed by atoms with Crippen molar-refractivity contribution in [2.45, 2.75) is 39.7 Å². The summed E-state index contributed by atoms with van der Waals surface area (Å²) < 4.78 is 0. The number of hydrogen-bond acceptors (Lipinski definition) is 5. The number of nitrogens with zero attached hydrogens (tertiary/aromatic N) is 4. The first kappa shape index (κ1) is 15.2. The molecule has 5 nitrogen and oxygen atoms in total. The van der Waals surface area contributed by atoms with Crippen LogP contribution in [0.15, 0.2) is 6.07 Å². The minimum atomic E-state index is 0.368. The van der Waals surface area contributed by atoms with Gasteiger partial charge in [0, 0.05) is 56.4 Å². The third-order valence-corrected chi connectivity index (χ3v) is 3.98. The van der Waals surface area contributed by atoms with Crippen molar-refractivity contribution in [2.75, 3.05) is 37.6 Å². The molecule has 1 aromatic rings. The Balaban J connectivity index is 2.07. The maximum Gasteiger partial charge on any atom is 0.133 e. The van der Waals surface area contributed by atoms with Crippen molar-refractivity contribution in [3.8, 4) is 0 Å². The number of rotatable bonds is 4. The van der Waals surface area contributed by atoms with Crippen LogP contribution in [0.5, 0.6) is 0 Å². The summed E-state index contributed by atoms with van der Waals surface area (Å²) in [7, 11) is 0. The molecule has 0 bridgehead atoms. The van der Waals surface area contributed by atoms with E-state index in [1.165, 1.54) is 0 Å². The number of hydrogen-bond donors (Lipinski definition) is 1. The van der Waals surface area contributed by atoms with E-state index < -0.39 is 0 Å². The second-order valence-corrected chi connectivity index (χ2v) is 5.99. The van der Waals surface area contributed by atoms with Crippen LogP contribution in [0.3, 0.4) is 0 Å². The fraction of sp³-hybridized carbons (Fsp3) is 0.733. The van der Waals surface area contributed by atoms with Gasteiger partial charge in [0.25, 0.3) is 0 Å². The fourth-order valence-electron chi connectivity index (χ4n) is 2.54. The largest absolute Gasteiger partial charge is 0.354 e. The molecule has 0 radical (unpaired) electrons. The summed E-state index contributed by atoms with van der Waals surface area (Å²) in [6.45, 7) is 13.4. The van der Waals surface area contributed by atoms with Gasteiger partial charge in [0.2, 0.25) is 0 Å². The molecular weight excluding hydrogens is 250 g/mol. The van der Waals surface area contributed by atoms with Crippen molar-refractivity contribution in [1.82, 2.24) is 14.9 Å². The second-order valence-electron chi connectivity index (χ2n) is 5.99. The lowest BCUT2D eigenvalue weighted by atomic mass is 10.2. The quantitative estimate of drug-likeness (QED) is 0.901. The summed E-state index contributed by atoms with van der Waals surface area (Å²) in [6, 6.07) is 2.56. The van der Waals surface area contributed by atoms with Crippen LogP contribution in [0.1, 0.15) is 38.2 Å². The van der Waals surface area contributed by atoms with Crippen molar-refractivity contribution in [3.05, 3.63) is 17.6 Å². The molecule has 2 N–H and O–H groups in total. The van der Waals surface area contributed by atoms with Gasteiger partial charge in [-0.25, -0.2) is 9.97 Å². The molecule has 1 unspecified atom stereocenters. The van der Waals surface area contributed by atoms with E-state index in [9.17, 15) is 0 Å². The molecule has 0 amide bonds. The van der Waals surface area contributed by atoms with Crippen LogP contribution >= 0.6 is 0 Å². The van der Waals surface area contributed by atoms with Crippen molar-refractivity contribution < 1.29 is 0 Å². The Morgan fingerprint density at radius 3 is 2.35 bits per heavy atom. The Bertz CT molecular complexity index is 438. The second kappa shape index (κ2) is 6.50. The molecule has 2 rings (SSSR count). The van der Waals surface area contributed by atoms with Gasteiger partial charge in [-0.3, -0.25) is 4.90 Å². The van der Waals surface area contributed by atoms with Gasteiger partial charge in [-0.2, -0.15) is 0 Å². The molecule has 1 aromatic heterocycles. The Hall–Kier alpha value is -1.20. The van der Waals surface area contributed by atoms with Gasteiger partial charge in [0.1, 0.15) is 11.6 Å². The number of nitrogens with two attached hydrogens (primary N) is 1. The Morgan fingerprint density at radius 1 is 1.15 bits per heavy atom. The lowest BCUT2D eigenvalue weighted by Crippen LogP contribution is -2.51. The van der Waals surface area contributed by atoms with Crippen LogP contribution < -0.4 is 10.6 Å². The Kier molecular flexibility index (Phi) is 4.94. The number of aromatic nitrogens is 2. The molecule has 112 valence electrons. The molecule has 5 heteroatoms. The van der Waals surface area contributed by atoms with Gasteiger partial charge in [0.15, 0.2) is 0 Å². The normalized spacial score (nSPS) is 18.6. The summed E-state index contributed by atoms with van der Waals surface area (Å²) >= 11 is 0. The van der Waals surface area contributed by atoms with Crippen molar-refractivity contribution in [2.24, 2.45) is 5.73 Å². The van der Waals surface area contributed by atoms with E-state index in [4.69, 9.17) is 10.7 Å². The minimum absolute atomic E-state index is 0.368. The predicted octanol–water partition coefficient (Wildman–Crippen LogP) is 1.38. The monoisotopic (exact) mass is 277 g/mol. The SMILES string of the molecule is Cc1cc(N2CCN(C(C)CN)CC2)nc(C(C)C)n1. The van der Waals surface area contributed by atoms with Crippen LogP contribution in [-0.2, 0) is 0 Å². The first-order chi connectivity index (χ1) is 9.51. The van der Waals surface area contributed by atoms with Crippen LogP contribution in [0.25, 0.3) is 0 Å². The van der Waals surface area contributed by atoms with Gasteiger partial charge < -0.3 is 10.6 Å². The molecule has 2 heterocycles. The predicted molar refractivity (Wildman–Crippen MR) is 83.2 cm³/mol. The van der Waals surface area contributed by atoms with E-state index in [0.717, 1.165) is 50.1 Å². The van der Waals surface area contributed by atoms with Crippen LogP contribution in [0.2, 0.25) is 0 Å². The van der Waals surface area contributed by atoms with E-state index in [1.54, 1.807) is 0 Å². The van der Waals surface area contributed by atoms with E-state index in [0.29, 0.717) is 12.0 Å². The highest BCUT2D eigenvalue weighted by Crippen LogP contribution is 2.19. The van der Waals surface area contributed by atoms with Crippen molar-refractivity contribution in [1.29, 1.82) is 0 Å². The molecule has 20 heavy (non-hydrogen) atoms. The van der Waals surface area contributed by atoms with E-state index in [1.807, 2.05) is 6.92 Å². The minimum Gasteiger partial charge on any atom is -0.354 e. The fourth-order valence-corrected chi connectivity index (χ4v) is 2.54. The zero-order valence-electron chi connectivity index (χ0n) is 13.1. The van der Waals surface area contributed by atoms with E-state index >= 15 is 0 Å². The molecule has 1 aliphatic rings. The smallest absolute Gasteiger partial charge is 0.133 e. The lowest BCUT2D eigenvalue weighted by Gasteiger charge is -2.38. The van der Waals surface area contributed by atoms with Crippen molar-refractivity contribution in [3.63, 3.8) is 0 Å². The maximum absolute atomic E-state index is 5.75. The number of aryl methyl sites for hydroxylation is 1. The molecule has 1 atom stereocenters. The molecular formula is C15H27N5. The van der Waals surface area contributed by atoms with Crippen LogP contribution in [-0.4, -0.2) is 53.6 Å². The highest BCUT2D eigenvalue weighted by Gasteiger charge is 2.21. The first-order valence-corrected chi connectivity index (χ1v) is 7.56. The van der Waals surface area contributed by atoms with Gasteiger partial charge in [-0.05, 0) is 13.8 Å². The molecule has 0 saturated carbocycles. The number of anilines is 1. The third kappa shape index (κ3) is 3.46. The van der Waals surface area contributed by atoms with Gasteiger partial charge in [0.05, 0.1) is 0 Å². The van der Waals surface area contributed by atoms with E-state index in [2.05, 4.69) is 41.6 Å². The topological polar surface area (TPSA) is 58.3 Å². The van der Waals surface area contributed by atoms with Crippen LogP contribution in [0.4, 0.5) is 5.82 Å². The summed E-state index contributed by atoms with van der Waals surface area (Å²) in [5, 5.41) is 0. The first-order valence-electron chi connectivity index (χ1n) is 7.56. The Labute approximate surface area is 122 Å². The molecule has 0 aliphatic carbocycles. The molecule has 1 aliphatic heterocycles. The lowest BCUT2D eigenvalue weighted by molar-refractivity contribution is 0.201. The Morgan fingerprint density at radius 2 is 1.80 bits per heavy atom. The van der Waals surface area contributed by atoms with Gasteiger partial charge in [-0.1, -0.05) is 13.8 Å². The summed E-state index contributed by atoms with van der Waals surface area (Å²) in [5.74, 6) is 2.38. The average molecular weight is 277 g/mol. The zero-order chi connectivity index (χ0) is 14.7. The van der Waals surface area contributed by atoms with E-state index in [-0.39, 0.29) is 0 Å². The molecule has 0 spiro atoms. The van der Waals surface area contributed by atoms with Gasteiger partial charge >= 0.3 is 0 Å². The highest BCUT2D eigenvalue weighted by atomic mass is 15.3. The third-order valence-electron chi connectivity index (χ3n) is 3.98. The maximum atomic E-state index is 5.75. The molecule has 1 saturated heterocycles. The average Bonchev–Trinajstić information content (AvgIpc) is 2.46. The summed E-state index contributed by atoms with van der Waals surface area (Å²) in [5.41, 5.74) is 6.80. The standard InChI is InChI=1S/C15H27N5/c1-11(2)15-17-12(3)9-14(18-15)20-7-5-19(6-8-20)13(4)10-16/h9,11,13H,5-8,10,16H2,1-4H3. The zero-order valence-corrected chi connectivity index (χ0v) is 13.1. The summed E-state index contributed by atoms with van der Waals surface area (Å²) in [4.78, 5) is 14.1. The highest BCUT2D eigenvalue weighted by molar-refractivity contribution is 5.40.